The molecule has 2 amide bonds. The van der Waals surface area contributed by atoms with Crippen molar-refractivity contribution in [3.63, 3.8) is 0 Å². The number of nitrogens with one attached hydrogen (secondary N) is 2. The van der Waals surface area contributed by atoms with E-state index in [1.54, 1.807) is 19.9 Å². The molecule has 3 N–H and O–H groups in total. The van der Waals surface area contributed by atoms with Crippen LogP contribution in [0.25, 0.3) is 0 Å². The normalized spacial score (nSPS) is 12.0. The molecule has 0 aliphatic carbocycles. The predicted molar refractivity (Wildman–Crippen MR) is 59.8 cm³/mol. The third-order valence-corrected chi connectivity index (χ3v) is 1.93. The Bertz CT molecular complexity index is 380. The minimum absolute atomic E-state index is 0.119. The van der Waals surface area contributed by atoms with Crippen LogP contribution in [0, 0.1) is 12.7 Å². The molecule has 1 aromatic carbocycles. The molecule has 0 bridgehead atoms. The summed E-state index contributed by atoms with van der Waals surface area (Å²) in [5, 5.41) is 13.7. The number of hydrogen-bond acceptors (Lipinski definition) is 2. The van der Waals surface area contributed by atoms with Crippen molar-refractivity contribution in [3.8, 4) is 0 Å². The topological polar surface area (TPSA) is 61.4 Å². The number of urea groups is 1. The number of anilines is 1. The molecule has 1 rings (SSSR count). The smallest absolute Gasteiger partial charge is 0.319 e. The van der Waals surface area contributed by atoms with Crippen LogP contribution in [-0.2, 0) is 0 Å². The van der Waals surface area contributed by atoms with Crippen LogP contribution in [0.2, 0.25) is 0 Å². The van der Waals surface area contributed by atoms with E-state index in [9.17, 15) is 9.18 Å². The maximum absolute atomic E-state index is 13.3. The molecule has 0 aliphatic heterocycles. The second-order valence-electron chi connectivity index (χ2n) is 3.67. The molecule has 0 spiro atoms. The van der Waals surface area contributed by atoms with Crippen LogP contribution < -0.4 is 10.6 Å². The van der Waals surface area contributed by atoms with Gasteiger partial charge in [-0.2, -0.15) is 0 Å². The second kappa shape index (κ2) is 5.46. The highest BCUT2D eigenvalue weighted by Crippen LogP contribution is 2.14. The quantitative estimate of drug-likeness (QED) is 0.733. The first-order chi connectivity index (χ1) is 7.49. The summed E-state index contributed by atoms with van der Waals surface area (Å²) < 4.78 is 13.3. The summed E-state index contributed by atoms with van der Waals surface area (Å²) in [5.41, 5.74) is 0.904. The van der Waals surface area contributed by atoms with Crippen molar-refractivity contribution >= 4 is 11.7 Å². The number of rotatable bonds is 3. The van der Waals surface area contributed by atoms with Gasteiger partial charge in [0.2, 0.25) is 0 Å². The molecular formula is C11H15FN2O2. The van der Waals surface area contributed by atoms with Crippen LogP contribution in [0.1, 0.15) is 12.5 Å². The van der Waals surface area contributed by atoms with Gasteiger partial charge >= 0.3 is 6.03 Å². The molecule has 5 heteroatoms. The minimum atomic E-state index is -0.631. The SMILES string of the molecule is Cc1ccc(NC(=O)NC[C@@H](C)O)c(F)c1. The number of carbonyl (C=O) groups excluding carboxylic acids is 1. The molecule has 88 valence electrons. The Hall–Kier alpha value is -1.62. The number of aliphatic hydroxyl groups is 1. The van der Waals surface area contributed by atoms with Gasteiger partial charge in [0.05, 0.1) is 11.8 Å². The molecule has 16 heavy (non-hydrogen) atoms. The molecular weight excluding hydrogens is 211 g/mol. The van der Waals surface area contributed by atoms with Crippen LogP contribution in [-0.4, -0.2) is 23.8 Å². The second-order valence-corrected chi connectivity index (χ2v) is 3.67. The van der Waals surface area contributed by atoms with Gasteiger partial charge in [0.1, 0.15) is 5.82 Å². The van der Waals surface area contributed by atoms with Crippen LogP contribution in [0.4, 0.5) is 14.9 Å². The Labute approximate surface area is 93.5 Å². The van der Waals surface area contributed by atoms with E-state index in [1.165, 1.54) is 12.1 Å². The van der Waals surface area contributed by atoms with Crippen molar-refractivity contribution < 1.29 is 14.3 Å². The summed E-state index contributed by atoms with van der Waals surface area (Å²) in [7, 11) is 0. The molecule has 1 aromatic rings. The number of halogens is 1. The largest absolute Gasteiger partial charge is 0.392 e. The van der Waals surface area contributed by atoms with Crippen molar-refractivity contribution in [1.29, 1.82) is 0 Å². The zero-order chi connectivity index (χ0) is 12.1. The molecule has 0 radical (unpaired) electrons. The Morgan fingerprint density at radius 2 is 2.25 bits per heavy atom. The van der Waals surface area contributed by atoms with Gasteiger partial charge in [-0.3, -0.25) is 0 Å². The van der Waals surface area contributed by atoms with Gasteiger partial charge in [-0.05, 0) is 31.5 Å². The fourth-order valence-corrected chi connectivity index (χ4v) is 1.13. The number of aliphatic hydroxyl groups excluding tert-OH is 1. The molecule has 4 nitrogen and oxygen atoms in total. The van der Waals surface area contributed by atoms with E-state index >= 15 is 0 Å². The molecule has 1 atom stereocenters. The van der Waals surface area contributed by atoms with Gasteiger partial charge in [0.25, 0.3) is 0 Å². The Balaban J connectivity index is 2.56. The molecule has 0 aliphatic rings. The van der Waals surface area contributed by atoms with Gasteiger partial charge in [-0.15, -0.1) is 0 Å². The lowest BCUT2D eigenvalue weighted by Gasteiger charge is -2.09. The fraction of sp³-hybridized carbons (Fsp3) is 0.364. The zero-order valence-corrected chi connectivity index (χ0v) is 9.25. The number of aryl methyl sites for hydroxylation is 1. The highest BCUT2D eigenvalue weighted by atomic mass is 19.1. The summed E-state index contributed by atoms with van der Waals surface area (Å²) in [6.07, 6.45) is -0.631. The maximum atomic E-state index is 13.3. The van der Waals surface area contributed by atoms with Crippen molar-refractivity contribution in [1.82, 2.24) is 5.32 Å². The fourth-order valence-electron chi connectivity index (χ4n) is 1.13. The van der Waals surface area contributed by atoms with E-state index < -0.39 is 18.0 Å². The third-order valence-electron chi connectivity index (χ3n) is 1.93. The van der Waals surface area contributed by atoms with Crippen molar-refractivity contribution in [3.05, 3.63) is 29.6 Å². The molecule has 0 unspecified atom stereocenters. The Morgan fingerprint density at radius 3 is 2.81 bits per heavy atom. The first kappa shape index (κ1) is 12.4. The molecule has 0 saturated heterocycles. The van der Waals surface area contributed by atoms with Crippen molar-refractivity contribution in [2.24, 2.45) is 0 Å². The van der Waals surface area contributed by atoms with Crippen LogP contribution >= 0.6 is 0 Å². The van der Waals surface area contributed by atoms with Gasteiger partial charge in [-0.1, -0.05) is 6.07 Å². The maximum Gasteiger partial charge on any atom is 0.319 e. The zero-order valence-electron chi connectivity index (χ0n) is 9.25. The lowest BCUT2D eigenvalue weighted by atomic mass is 10.2. The van der Waals surface area contributed by atoms with Gasteiger partial charge < -0.3 is 15.7 Å². The van der Waals surface area contributed by atoms with Crippen LogP contribution in [0.3, 0.4) is 0 Å². The average molecular weight is 226 g/mol. The molecule has 0 aromatic heterocycles. The highest BCUT2D eigenvalue weighted by molar-refractivity contribution is 5.89. The first-order valence-corrected chi connectivity index (χ1v) is 4.98. The summed E-state index contributed by atoms with van der Waals surface area (Å²) in [4.78, 5) is 11.3. The third kappa shape index (κ3) is 3.86. The van der Waals surface area contributed by atoms with E-state index in [0.29, 0.717) is 0 Å². The number of amides is 2. The lowest BCUT2D eigenvalue weighted by molar-refractivity contribution is 0.190. The predicted octanol–water partition coefficient (Wildman–Crippen LogP) is 1.64. The van der Waals surface area contributed by atoms with E-state index in [2.05, 4.69) is 10.6 Å². The van der Waals surface area contributed by atoms with Gasteiger partial charge in [0.15, 0.2) is 0 Å². The van der Waals surface area contributed by atoms with E-state index in [-0.39, 0.29) is 12.2 Å². The standard InChI is InChI=1S/C11H15FN2O2/c1-7-3-4-10(9(12)5-7)14-11(16)13-6-8(2)15/h3-5,8,15H,6H2,1-2H3,(H2,13,14,16)/t8-/m1/s1. The Kier molecular flexibility index (Phi) is 4.25. The highest BCUT2D eigenvalue weighted by Gasteiger charge is 2.06. The van der Waals surface area contributed by atoms with Crippen molar-refractivity contribution in [2.45, 2.75) is 20.0 Å². The number of hydrogen-bond donors (Lipinski definition) is 3. The first-order valence-electron chi connectivity index (χ1n) is 4.98. The van der Waals surface area contributed by atoms with Crippen molar-refractivity contribution in [2.75, 3.05) is 11.9 Å². The average Bonchev–Trinajstić information content (AvgIpc) is 2.19. The monoisotopic (exact) mass is 226 g/mol. The lowest BCUT2D eigenvalue weighted by Crippen LogP contribution is -2.34. The van der Waals surface area contributed by atoms with Crippen LogP contribution in [0.15, 0.2) is 18.2 Å². The summed E-state index contributed by atoms with van der Waals surface area (Å²) in [5.74, 6) is -0.479. The van der Waals surface area contributed by atoms with Gasteiger partial charge in [-0.25, -0.2) is 9.18 Å². The summed E-state index contributed by atoms with van der Waals surface area (Å²) >= 11 is 0. The van der Waals surface area contributed by atoms with Gasteiger partial charge in [0, 0.05) is 6.54 Å². The molecule has 0 saturated carbocycles. The molecule has 0 heterocycles. The number of carbonyl (C=O) groups is 1. The van der Waals surface area contributed by atoms with E-state index in [1.807, 2.05) is 0 Å². The van der Waals surface area contributed by atoms with Crippen LogP contribution in [0.5, 0.6) is 0 Å². The number of benzene rings is 1. The minimum Gasteiger partial charge on any atom is -0.392 e. The Morgan fingerprint density at radius 1 is 1.56 bits per heavy atom. The van der Waals surface area contributed by atoms with E-state index in [0.717, 1.165) is 5.56 Å². The summed E-state index contributed by atoms with van der Waals surface area (Å²) in [6, 6.07) is 3.99. The molecule has 0 fully saturated rings. The summed E-state index contributed by atoms with van der Waals surface area (Å²) in [6.45, 7) is 3.44. The van der Waals surface area contributed by atoms with E-state index in [4.69, 9.17) is 5.11 Å².